The van der Waals surface area contributed by atoms with Crippen LogP contribution in [-0.4, -0.2) is 37.2 Å². The smallest absolute Gasteiger partial charge is 0.306 e. The SMILES string of the molecule is CCCCC/C=C\C/C=C\C/C=C\CCCCC(=O)OC[C@H](COC(=O)CCCCCCCCCCCCCC)OC(=O)CCCCCCCCCCCCCCCCCCCCCCC. The molecule has 6 nitrogen and oxygen atoms in total. The zero-order valence-corrected chi connectivity index (χ0v) is 44.2. The highest BCUT2D eigenvalue weighted by molar-refractivity contribution is 5.71. The predicted molar refractivity (Wildman–Crippen MR) is 284 cm³/mol. The third-order valence-corrected chi connectivity index (χ3v) is 12.9. The minimum atomic E-state index is -0.783. The molecule has 0 amide bonds. The normalized spacial score (nSPS) is 12.2. The standard InChI is InChI=1S/C60H110O6/c1-4-7-10-13-16-19-22-25-27-28-29-30-31-32-34-36-39-42-45-48-51-54-60(63)66-57(55-64-58(61)52-49-46-43-40-37-24-21-18-15-12-9-6-3)56-65-59(62)53-50-47-44-41-38-35-33-26-23-20-17-14-11-8-5-2/h17,20,26,33,38,41,57H,4-16,18-19,21-25,27-32,34-37,39-40,42-56H2,1-3H3/b20-17-,33-26-,41-38-/t57-/m0/s1. The van der Waals surface area contributed by atoms with E-state index in [0.29, 0.717) is 19.3 Å². The summed E-state index contributed by atoms with van der Waals surface area (Å²) < 4.78 is 16.8. The van der Waals surface area contributed by atoms with Gasteiger partial charge in [0.05, 0.1) is 0 Å². The average Bonchev–Trinajstić information content (AvgIpc) is 3.31. The second-order valence-electron chi connectivity index (χ2n) is 19.6. The number of unbranched alkanes of at least 4 members (excludes halogenated alkanes) is 36. The summed E-state index contributed by atoms with van der Waals surface area (Å²) in [6, 6.07) is 0. The Kier molecular flexibility index (Phi) is 53.2. The van der Waals surface area contributed by atoms with Gasteiger partial charge in [-0.1, -0.05) is 269 Å². The molecule has 0 saturated heterocycles. The first-order chi connectivity index (χ1) is 32.5. The van der Waals surface area contributed by atoms with Gasteiger partial charge in [-0.15, -0.1) is 0 Å². The summed E-state index contributed by atoms with van der Waals surface area (Å²) in [5.41, 5.74) is 0. The van der Waals surface area contributed by atoms with Gasteiger partial charge in [0.2, 0.25) is 0 Å². The highest BCUT2D eigenvalue weighted by Gasteiger charge is 2.19. The molecule has 0 aromatic rings. The Labute approximate surface area is 410 Å². The summed E-state index contributed by atoms with van der Waals surface area (Å²) in [4.78, 5) is 38.1. The van der Waals surface area contributed by atoms with Crippen molar-refractivity contribution in [3.05, 3.63) is 36.5 Å². The quantitative estimate of drug-likeness (QED) is 0.0262. The van der Waals surface area contributed by atoms with Crippen molar-refractivity contribution in [2.75, 3.05) is 13.2 Å². The molecule has 0 aliphatic carbocycles. The number of hydrogen-bond acceptors (Lipinski definition) is 6. The third-order valence-electron chi connectivity index (χ3n) is 12.9. The molecule has 0 N–H and O–H groups in total. The first kappa shape index (κ1) is 63.6. The van der Waals surface area contributed by atoms with Crippen molar-refractivity contribution >= 4 is 17.9 Å². The molecule has 0 saturated carbocycles. The lowest BCUT2D eigenvalue weighted by molar-refractivity contribution is -0.167. The Morgan fingerprint density at radius 3 is 0.879 bits per heavy atom. The van der Waals surface area contributed by atoms with E-state index in [4.69, 9.17) is 14.2 Å². The van der Waals surface area contributed by atoms with Gasteiger partial charge in [0.25, 0.3) is 0 Å². The van der Waals surface area contributed by atoms with Crippen LogP contribution >= 0.6 is 0 Å². The number of rotatable bonds is 53. The lowest BCUT2D eigenvalue weighted by atomic mass is 10.0. The molecular formula is C60H110O6. The van der Waals surface area contributed by atoms with Crippen LogP contribution in [0.1, 0.15) is 310 Å². The first-order valence-corrected chi connectivity index (χ1v) is 29.0. The first-order valence-electron chi connectivity index (χ1n) is 29.0. The summed E-state index contributed by atoms with van der Waals surface area (Å²) in [7, 11) is 0. The second kappa shape index (κ2) is 55.2. The van der Waals surface area contributed by atoms with Gasteiger partial charge >= 0.3 is 17.9 Å². The molecule has 0 rings (SSSR count). The molecule has 0 aliphatic heterocycles. The van der Waals surface area contributed by atoms with Gasteiger partial charge < -0.3 is 14.2 Å². The number of carbonyl (C=O) groups is 3. The number of allylic oxidation sites excluding steroid dienone is 6. The predicted octanol–water partition coefficient (Wildman–Crippen LogP) is 19.3. The number of hydrogen-bond donors (Lipinski definition) is 0. The van der Waals surface area contributed by atoms with Gasteiger partial charge in [-0.05, 0) is 57.8 Å². The highest BCUT2D eigenvalue weighted by atomic mass is 16.6. The molecule has 0 bridgehead atoms. The van der Waals surface area contributed by atoms with Crippen LogP contribution in [0, 0.1) is 0 Å². The van der Waals surface area contributed by atoms with Crippen LogP contribution < -0.4 is 0 Å². The molecule has 0 spiro atoms. The summed E-state index contributed by atoms with van der Waals surface area (Å²) in [5, 5.41) is 0. The average molecular weight is 928 g/mol. The van der Waals surface area contributed by atoms with Crippen LogP contribution in [-0.2, 0) is 28.6 Å². The van der Waals surface area contributed by atoms with Crippen molar-refractivity contribution in [1.29, 1.82) is 0 Å². The molecule has 6 heteroatoms. The van der Waals surface area contributed by atoms with E-state index in [2.05, 4.69) is 57.2 Å². The van der Waals surface area contributed by atoms with Crippen molar-refractivity contribution < 1.29 is 28.6 Å². The number of esters is 3. The monoisotopic (exact) mass is 927 g/mol. The van der Waals surface area contributed by atoms with Crippen molar-refractivity contribution in [2.24, 2.45) is 0 Å². The fourth-order valence-electron chi connectivity index (χ4n) is 8.51. The number of ether oxygens (including phenoxy) is 3. The maximum absolute atomic E-state index is 12.9. The van der Waals surface area contributed by atoms with Gasteiger partial charge in [0, 0.05) is 19.3 Å². The van der Waals surface area contributed by atoms with E-state index in [1.54, 1.807) is 0 Å². The summed E-state index contributed by atoms with van der Waals surface area (Å²) in [5.74, 6) is -0.902. The Morgan fingerprint density at radius 2 is 0.545 bits per heavy atom. The summed E-state index contributed by atoms with van der Waals surface area (Å²) in [6.45, 7) is 6.62. The molecular weight excluding hydrogens is 817 g/mol. The zero-order chi connectivity index (χ0) is 47.9. The van der Waals surface area contributed by atoms with Gasteiger partial charge in [0.15, 0.2) is 6.10 Å². The van der Waals surface area contributed by atoms with Gasteiger partial charge in [0.1, 0.15) is 13.2 Å². The van der Waals surface area contributed by atoms with Crippen molar-refractivity contribution in [3.8, 4) is 0 Å². The topological polar surface area (TPSA) is 78.9 Å². The Morgan fingerprint density at radius 1 is 0.303 bits per heavy atom. The molecule has 386 valence electrons. The van der Waals surface area contributed by atoms with Crippen LogP contribution in [0.5, 0.6) is 0 Å². The fourth-order valence-corrected chi connectivity index (χ4v) is 8.51. The Hall–Kier alpha value is -2.37. The summed E-state index contributed by atoms with van der Waals surface area (Å²) in [6.07, 6.45) is 65.7. The zero-order valence-electron chi connectivity index (χ0n) is 44.2. The van der Waals surface area contributed by atoms with Crippen LogP contribution in [0.3, 0.4) is 0 Å². The molecule has 66 heavy (non-hydrogen) atoms. The van der Waals surface area contributed by atoms with E-state index in [0.717, 1.165) is 70.6 Å². The third kappa shape index (κ3) is 52.6. The van der Waals surface area contributed by atoms with E-state index >= 15 is 0 Å². The van der Waals surface area contributed by atoms with Crippen LogP contribution in [0.4, 0.5) is 0 Å². The van der Waals surface area contributed by atoms with Gasteiger partial charge in [-0.2, -0.15) is 0 Å². The molecule has 0 unspecified atom stereocenters. The van der Waals surface area contributed by atoms with Gasteiger partial charge in [-0.3, -0.25) is 14.4 Å². The Balaban J connectivity index is 4.32. The van der Waals surface area contributed by atoms with Gasteiger partial charge in [-0.25, -0.2) is 0 Å². The lowest BCUT2D eigenvalue weighted by Crippen LogP contribution is -2.30. The van der Waals surface area contributed by atoms with Crippen molar-refractivity contribution in [2.45, 2.75) is 316 Å². The lowest BCUT2D eigenvalue weighted by Gasteiger charge is -2.18. The molecule has 0 aromatic heterocycles. The number of carbonyl (C=O) groups excluding carboxylic acids is 3. The maximum Gasteiger partial charge on any atom is 0.306 e. The maximum atomic E-state index is 12.9. The summed E-state index contributed by atoms with van der Waals surface area (Å²) >= 11 is 0. The molecule has 0 radical (unpaired) electrons. The molecule has 0 aromatic carbocycles. The molecule has 0 heterocycles. The van der Waals surface area contributed by atoms with Crippen molar-refractivity contribution in [3.63, 3.8) is 0 Å². The minimum absolute atomic E-state index is 0.0795. The van der Waals surface area contributed by atoms with E-state index in [1.165, 1.54) is 199 Å². The van der Waals surface area contributed by atoms with E-state index < -0.39 is 6.10 Å². The second-order valence-corrected chi connectivity index (χ2v) is 19.6. The van der Waals surface area contributed by atoms with E-state index in [1.807, 2.05) is 0 Å². The van der Waals surface area contributed by atoms with Crippen molar-refractivity contribution in [1.82, 2.24) is 0 Å². The highest BCUT2D eigenvalue weighted by Crippen LogP contribution is 2.17. The molecule has 1 atom stereocenters. The van der Waals surface area contributed by atoms with Crippen LogP contribution in [0.25, 0.3) is 0 Å². The molecule has 0 fully saturated rings. The minimum Gasteiger partial charge on any atom is -0.462 e. The van der Waals surface area contributed by atoms with E-state index in [-0.39, 0.29) is 31.1 Å². The fraction of sp³-hybridized carbons (Fsp3) is 0.850. The van der Waals surface area contributed by atoms with Crippen LogP contribution in [0.15, 0.2) is 36.5 Å². The molecule has 0 aliphatic rings. The Bertz CT molecular complexity index is 1110. The largest absolute Gasteiger partial charge is 0.462 e. The van der Waals surface area contributed by atoms with E-state index in [9.17, 15) is 14.4 Å². The van der Waals surface area contributed by atoms with Crippen LogP contribution in [0.2, 0.25) is 0 Å².